The van der Waals surface area contributed by atoms with Crippen molar-refractivity contribution in [3.8, 4) is 5.75 Å². The summed E-state index contributed by atoms with van der Waals surface area (Å²) in [6.45, 7) is 3.50. The van der Waals surface area contributed by atoms with Crippen LogP contribution in [0.25, 0.3) is 0 Å². The van der Waals surface area contributed by atoms with E-state index in [2.05, 4.69) is 15.5 Å². The van der Waals surface area contributed by atoms with Gasteiger partial charge < -0.3 is 9.84 Å². The summed E-state index contributed by atoms with van der Waals surface area (Å²) in [4.78, 5) is 11.0. The van der Waals surface area contributed by atoms with Gasteiger partial charge in [-0.1, -0.05) is 11.6 Å². The van der Waals surface area contributed by atoms with Crippen LogP contribution in [0.5, 0.6) is 5.75 Å². The van der Waals surface area contributed by atoms with Crippen LogP contribution < -0.4 is 4.74 Å². The Morgan fingerprint density at radius 1 is 1.38 bits per heavy atom. The molecule has 2 atom stereocenters. The third kappa shape index (κ3) is 3.69. The molecule has 21 heavy (non-hydrogen) atoms. The minimum atomic E-state index is -0.900. The van der Waals surface area contributed by atoms with Gasteiger partial charge in [-0.25, -0.2) is 4.68 Å². The van der Waals surface area contributed by atoms with Gasteiger partial charge in [0.25, 0.3) is 0 Å². The summed E-state index contributed by atoms with van der Waals surface area (Å²) in [5.41, 5.74) is 0. The number of hydrogen-bond acceptors (Lipinski definition) is 5. The number of aliphatic carboxylic acids is 1. The molecular weight excluding hydrogens is 296 g/mol. The average molecular weight is 311 g/mol. The lowest BCUT2D eigenvalue weighted by Gasteiger charge is -2.17. The Hall–Kier alpha value is -2.15. The number of tetrazole rings is 1. The van der Waals surface area contributed by atoms with Gasteiger partial charge >= 0.3 is 5.97 Å². The molecule has 0 bridgehead atoms. The van der Waals surface area contributed by atoms with Crippen LogP contribution in [0, 0.1) is 5.92 Å². The predicted molar refractivity (Wildman–Crippen MR) is 75.1 cm³/mol. The number of carboxylic acid groups (broad SMARTS) is 1. The maximum Gasteiger partial charge on any atom is 0.308 e. The van der Waals surface area contributed by atoms with Crippen LogP contribution in [0.2, 0.25) is 5.02 Å². The van der Waals surface area contributed by atoms with Gasteiger partial charge in [0.1, 0.15) is 12.4 Å². The molecule has 112 valence electrons. The molecule has 0 saturated carbocycles. The van der Waals surface area contributed by atoms with E-state index in [4.69, 9.17) is 21.4 Å². The Morgan fingerprint density at radius 2 is 2.05 bits per heavy atom. The van der Waals surface area contributed by atoms with E-state index in [-0.39, 0.29) is 12.6 Å². The van der Waals surface area contributed by atoms with Gasteiger partial charge in [-0.3, -0.25) is 4.79 Å². The first-order chi connectivity index (χ1) is 9.99. The summed E-state index contributed by atoms with van der Waals surface area (Å²) < 4.78 is 7.03. The molecule has 0 amide bonds. The summed E-state index contributed by atoms with van der Waals surface area (Å²) in [7, 11) is 0. The van der Waals surface area contributed by atoms with Crippen molar-refractivity contribution in [1.29, 1.82) is 0 Å². The molecule has 0 aliphatic carbocycles. The lowest BCUT2D eigenvalue weighted by molar-refractivity contribution is -0.142. The van der Waals surface area contributed by atoms with E-state index < -0.39 is 11.9 Å². The van der Waals surface area contributed by atoms with Gasteiger partial charge in [-0.05, 0) is 48.5 Å². The van der Waals surface area contributed by atoms with E-state index in [0.717, 1.165) is 0 Å². The smallest absolute Gasteiger partial charge is 0.308 e. The minimum Gasteiger partial charge on any atom is -0.486 e. The van der Waals surface area contributed by atoms with Crippen molar-refractivity contribution in [1.82, 2.24) is 20.2 Å². The van der Waals surface area contributed by atoms with E-state index in [1.54, 1.807) is 38.1 Å². The fourth-order valence-corrected chi connectivity index (χ4v) is 1.85. The van der Waals surface area contributed by atoms with Crippen LogP contribution in [-0.4, -0.2) is 31.3 Å². The second-order valence-electron chi connectivity index (χ2n) is 4.65. The fraction of sp³-hybridized carbons (Fsp3) is 0.385. The number of aromatic nitrogens is 4. The number of nitrogens with zero attached hydrogens (tertiary/aromatic N) is 4. The number of carboxylic acids is 1. The highest BCUT2D eigenvalue weighted by molar-refractivity contribution is 6.30. The highest BCUT2D eigenvalue weighted by atomic mass is 35.5. The average Bonchev–Trinajstić information content (AvgIpc) is 2.93. The molecule has 1 heterocycles. The highest BCUT2D eigenvalue weighted by Gasteiger charge is 2.24. The van der Waals surface area contributed by atoms with Crippen molar-refractivity contribution in [2.24, 2.45) is 5.92 Å². The third-order valence-electron chi connectivity index (χ3n) is 3.24. The molecule has 2 unspecified atom stereocenters. The maximum atomic E-state index is 11.0. The van der Waals surface area contributed by atoms with Gasteiger partial charge in [0.05, 0.1) is 12.0 Å². The second-order valence-corrected chi connectivity index (χ2v) is 5.09. The Bertz CT molecular complexity index is 614. The standard InChI is InChI=1S/C13H15ClN4O3/c1-8(13(19)20)9(2)18-12(15-16-17-18)7-21-11-5-3-10(14)4-6-11/h3-6,8-9H,7H2,1-2H3,(H,19,20). The zero-order valence-corrected chi connectivity index (χ0v) is 12.4. The van der Waals surface area contributed by atoms with Crippen LogP contribution in [0.3, 0.4) is 0 Å². The molecule has 1 N–H and O–H groups in total. The topological polar surface area (TPSA) is 90.1 Å². The lowest BCUT2D eigenvalue weighted by Crippen LogP contribution is -2.24. The van der Waals surface area contributed by atoms with Crippen molar-refractivity contribution in [2.75, 3.05) is 0 Å². The zero-order valence-electron chi connectivity index (χ0n) is 11.6. The van der Waals surface area contributed by atoms with E-state index in [9.17, 15) is 4.79 Å². The SMILES string of the molecule is CC(C(=O)O)C(C)n1nnnc1COc1ccc(Cl)cc1. The Balaban J connectivity index is 2.06. The van der Waals surface area contributed by atoms with Crippen molar-refractivity contribution >= 4 is 17.6 Å². The second kappa shape index (κ2) is 6.53. The Labute approximate surface area is 126 Å². The molecule has 2 aromatic rings. The van der Waals surface area contributed by atoms with Crippen LogP contribution in [0.1, 0.15) is 25.7 Å². The number of rotatable bonds is 6. The maximum absolute atomic E-state index is 11.0. The number of ether oxygens (including phenoxy) is 1. The number of carbonyl (C=O) groups is 1. The first-order valence-corrected chi connectivity index (χ1v) is 6.74. The molecule has 0 aliphatic rings. The summed E-state index contributed by atoms with van der Waals surface area (Å²) in [6.07, 6.45) is 0. The molecule has 7 nitrogen and oxygen atoms in total. The first kappa shape index (κ1) is 15.2. The summed E-state index contributed by atoms with van der Waals surface area (Å²) >= 11 is 5.80. The van der Waals surface area contributed by atoms with Gasteiger partial charge in [0.15, 0.2) is 5.82 Å². The van der Waals surface area contributed by atoms with Crippen LogP contribution >= 0.6 is 11.6 Å². The Kier molecular flexibility index (Phi) is 4.74. The van der Waals surface area contributed by atoms with Gasteiger partial charge in [-0.2, -0.15) is 0 Å². The lowest BCUT2D eigenvalue weighted by atomic mass is 10.0. The normalized spacial score (nSPS) is 13.7. The van der Waals surface area contributed by atoms with Gasteiger partial charge in [-0.15, -0.1) is 5.10 Å². The van der Waals surface area contributed by atoms with Crippen molar-refractivity contribution in [3.63, 3.8) is 0 Å². The van der Waals surface area contributed by atoms with Gasteiger partial charge in [0.2, 0.25) is 0 Å². The monoisotopic (exact) mass is 310 g/mol. The van der Waals surface area contributed by atoms with E-state index >= 15 is 0 Å². The van der Waals surface area contributed by atoms with Gasteiger partial charge in [0, 0.05) is 5.02 Å². The fourth-order valence-electron chi connectivity index (χ4n) is 1.72. The summed E-state index contributed by atoms with van der Waals surface area (Å²) in [6, 6.07) is 6.53. The number of benzene rings is 1. The molecule has 0 aliphatic heterocycles. The van der Waals surface area contributed by atoms with Crippen LogP contribution in [0.15, 0.2) is 24.3 Å². The molecule has 8 heteroatoms. The number of halogens is 1. The molecule has 0 fully saturated rings. The highest BCUT2D eigenvalue weighted by Crippen LogP contribution is 2.19. The molecule has 0 saturated heterocycles. The van der Waals surface area contributed by atoms with Crippen molar-refractivity contribution in [3.05, 3.63) is 35.1 Å². The summed E-state index contributed by atoms with van der Waals surface area (Å²) in [5.74, 6) is -0.413. The van der Waals surface area contributed by atoms with Crippen LogP contribution in [0.4, 0.5) is 0 Å². The molecule has 0 spiro atoms. The molecular formula is C13H15ClN4O3. The van der Waals surface area contributed by atoms with E-state index in [1.807, 2.05) is 0 Å². The number of hydrogen-bond donors (Lipinski definition) is 1. The molecule has 1 aromatic heterocycles. The predicted octanol–water partition coefficient (Wildman–Crippen LogP) is 2.19. The minimum absolute atomic E-state index is 0.144. The van der Waals surface area contributed by atoms with Crippen LogP contribution in [-0.2, 0) is 11.4 Å². The van der Waals surface area contributed by atoms with Crippen molar-refractivity contribution < 1.29 is 14.6 Å². The molecule has 0 radical (unpaired) electrons. The zero-order chi connectivity index (χ0) is 15.4. The summed E-state index contributed by atoms with van der Waals surface area (Å²) in [5, 5.41) is 21.0. The Morgan fingerprint density at radius 3 is 2.67 bits per heavy atom. The quantitative estimate of drug-likeness (QED) is 0.879. The largest absolute Gasteiger partial charge is 0.486 e. The van der Waals surface area contributed by atoms with E-state index in [1.165, 1.54) is 4.68 Å². The van der Waals surface area contributed by atoms with Crippen molar-refractivity contribution in [2.45, 2.75) is 26.5 Å². The first-order valence-electron chi connectivity index (χ1n) is 6.37. The molecule has 2 rings (SSSR count). The van der Waals surface area contributed by atoms with E-state index in [0.29, 0.717) is 16.6 Å². The molecule has 1 aromatic carbocycles. The third-order valence-corrected chi connectivity index (χ3v) is 3.49.